The van der Waals surface area contributed by atoms with Crippen LogP contribution in [0.4, 0.5) is 35.1 Å². The summed E-state index contributed by atoms with van der Waals surface area (Å²) in [6.45, 7) is 12.2. The molecule has 0 fully saturated rings. The van der Waals surface area contributed by atoms with Crippen molar-refractivity contribution in [2.75, 3.05) is 26.4 Å². The molecule has 0 atom stereocenters. The third-order valence-corrected chi connectivity index (χ3v) is 18.1. The van der Waals surface area contributed by atoms with Crippen LogP contribution >= 0.6 is 25.3 Å². The van der Waals surface area contributed by atoms with Crippen LogP contribution in [0.25, 0.3) is 44.5 Å². The molecule has 522 valence electrons. The van der Waals surface area contributed by atoms with E-state index in [4.69, 9.17) is 53.3 Å². The lowest BCUT2D eigenvalue weighted by atomic mass is 9.94. The number of hydrogen-bond donors (Lipinski definition) is 4. The average molecular weight is 1400 g/mol. The summed E-state index contributed by atoms with van der Waals surface area (Å²) in [6, 6.07) is 46.5. The largest absolute Gasteiger partial charge is 0.494 e. The van der Waals surface area contributed by atoms with E-state index in [0.717, 1.165) is 107 Å². The Morgan fingerprint density at radius 2 is 0.532 bits per heavy atom. The van der Waals surface area contributed by atoms with Gasteiger partial charge in [-0.3, -0.25) is 9.11 Å². The number of unbranched alkanes of at least 4 members (excludes halogenated alkanes) is 20. The van der Waals surface area contributed by atoms with Crippen molar-refractivity contribution < 1.29 is 80.0 Å². The third-order valence-electron chi connectivity index (χ3n) is 15.5. The van der Waals surface area contributed by atoms with Gasteiger partial charge in [-0.15, -0.1) is 25.3 Å². The molecule has 2 N–H and O–H groups in total. The highest BCUT2D eigenvalue weighted by Crippen LogP contribution is 2.55. The minimum Gasteiger partial charge on any atom is -0.494 e. The van der Waals surface area contributed by atoms with Crippen molar-refractivity contribution in [1.82, 2.24) is 0 Å². The lowest BCUT2D eigenvalue weighted by molar-refractivity contribution is -0.327. The monoisotopic (exact) mass is 1400 g/mol. The van der Waals surface area contributed by atoms with Crippen LogP contribution in [0.1, 0.15) is 182 Å². The number of rotatable bonds is 41. The minimum atomic E-state index is -7.58. The van der Waals surface area contributed by atoms with Crippen molar-refractivity contribution in [2.45, 2.75) is 214 Å². The van der Waals surface area contributed by atoms with E-state index in [1.807, 2.05) is 0 Å². The lowest BCUT2D eigenvalue weighted by Crippen LogP contribution is -2.66. The molecule has 0 unspecified atom stereocenters. The number of benzene rings is 6. The Morgan fingerprint density at radius 1 is 0.319 bits per heavy atom. The summed E-state index contributed by atoms with van der Waals surface area (Å²) in [7, 11) is -14.6. The van der Waals surface area contributed by atoms with Crippen LogP contribution in [0.5, 0.6) is 23.0 Å². The summed E-state index contributed by atoms with van der Waals surface area (Å²) in [5, 5.41) is -14.3. The second-order valence-electron chi connectivity index (χ2n) is 23.1. The number of halogens is 8. The number of alkyl halides is 8. The molecule has 0 heterocycles. The first kappa shape index (κ1) is 80.9. The van der Waals surface area contributed by atoms with E-state index in [-0.39, 0.29) is 0 Å². The molecule has 0 saturated carbocycles. The van der Waals surface area contributed by atoms with Gasteiger partial charge in [-0.05, 0) is 120 Å². The predicted molar refractivity (Wildman–Crippen MR) is 368 cm³/mol. The smallest absolute Gasteiger partial charge is 0.438 e. The highest BCUT2D eigenvalue weighted by Gasteiger charge is 2.87. The molecule has 0 aromatic heterocycles. The molecule has 94 heavy (non-hydrogen) atoms. The number of ether oxygens (including phenoxy) is 4. The molecular formula is C72H94F8O10S4. The second-order valence-corrected chi connectivity index (χ2v) is 27.0. The molecule has 0 radical (unpaired) electrons. The fourth-order valence-corrected chi connectivity index (χ4v) is 11.6. The molecule has 0 bridgehead atoms. The van der Waals surface area contributed by atoms with Gasteiger partial charge in [-0.2, -0.15) is 52.0 Å². The number of thiol groups is 2. The Labute approximate surface area is 563 Å². The highest BCUT2D eigenvalue weighted by atomic mass is 32.2. The second kappa shape index (κ2) is 40.9. The Hall–Kier alpha value is -5.52. The zero-order chi connectivity index (χ0) is 69.3. The lowest BCUT2D eigenvalue weighted by Gasteiger charge is -2.33. The first-order valence-electron chi connectivity index (χ1n) is 32.7. The molecule has 0 saturated heterocycles. The van der Waals surface area contributed by atoms with Crippen LogP contribution < -0.4 is 18.9 Å². The minimum absolute atomic E-state index is 0.785. The van der Waals surface area contributed by atoms with Crippen LogP contribution in [-0.4, -0.2) is 74.7 Å². The predicted octanol–water partition coefficient (Wildman–Crippen LogP) is 22.8. The fourth-order valence-electron chi connectivity index (χ4n) is 10.0. The Morgan fingerprint density at radius 3 is 0.755 bits per heavy atom. The molecule has 6 rings (SSSR count). The van der Waals surface area contributed by atoms with Gasteiger partial charge in [0.25, 0.3) is 0 Å². The Balaban J connectivity index is 0.000000315. The van der Waals surface area contributed by atoms with Crippen LogP contribution in [0, 0.1) is 0 Å². The highest BCUT2D eigenvalue weighted by molar-refractivity contribution is 7.87. The molecular weight excluding hydrogens is 1310 g/mol. The summed E-state index contributed by atoms with van der Waals surface area (Å²) in [5.74, 6) is -11.4. The van der Waals surface area contributed by atoms with Crippen LogP contribution in [0.15, 0.2) is 143 Å². The quantitative estimate of drug-likeness (QED) is 0.0127. The molecule has 0 amide bonds. The van der Waals surface area contributed by atoms with Crippen LogP contribution in [0.3, 0.4) is 0 Å². The topological polar surface area (TPSA) is 146 Å². The van der Waals surface area contributed by atoms with Crippen molar-refractivity contribution >= 4 is 45.5 Å². The summed E-state index contributed by atoms with van der Waals surface area (Å²) in [4.78, 5) is 1.95. The zero-order valence-electron chi connectivity index (χ0n) is 54.4. The van der Waals surface area contributed by atoms with E-state index in [9.17, 15) is 52.0 Å². The van der Waals surface area contributed by atoms with Crippen molar-refractivity contribution in [2.24, 2.45) is 0 Å². The van der Waals surface area contributed by atoms with Gasteiger partial charge in [0.2, 0.25) is 0 Å². The van der Waals surface area contributed by atoms with Crippen LogP contribution in [0.2, 0.25) is 0 Å². The normalized spacial score (nSPS) is 12.1. The average Bonchev–Trinajstić information content (AvgIpc) is 0.716. The van der Waals surface area contributed by atoms with Crippen molar-refractivity contribution in [3.63, 3.8) is 0 Å². The van der Waals surface area contributed by atoms with Crippen molar-refractivity contribution in [3.8, 4) is 67.5 Å². The van der Waals surface area contributed by atoms with Gasteiger partial charge in [0, 0.05) is 20.9 Å². The summed E-state index contributed by atoms with van der Waals surface area (Å²) in [5.41, 5.74) is 9.28. The molecule has 10 nitrogen and oxygen atoms in total. The van der Waals surface area contributed by atoms with Gasteiger partial charge < -0.3 is 18.9 Å². The van der Waals surface area contributed by atoms with E-state index in [1.165, 1.54) is 151 Å². The van der Waals surface area contributed by atoms with Crippen molar-refractivity contribution in [1.29, 1.82) is 0 Å². The Bertz CT molecular complexity index is 3120. The summed E-state index contributed by atoms with van der Waals surface area (Å²) >= 11 is 9.62. The van der Waals surface area contributed by atoms with Gasteiger partial charge >= 0.3 is 42.6 Å². The van der Waals surface area contributed by atoms with Gasteiger partial charge in [0.15, 0.2) is 0 Å². The summed E-state index contributed by atoms with van der Waals surface area (Å²) in [6.07, 6.45) is 30.6. The van der Waals surface area contributed by atoms with E-state index in [0.29, 0.717) is 0 Å². The maximum Gasteiger partial charge on any atom is 0.438 e. The van der Waals surface area contributed by atoms with Gasteiger partial charge in [0.05, 0.1) is 26.4 Å². The maximum atomic E-state index is 12.6. The first-order valence-corrected chi connectivity index (χ1v) is 36.5. The summed E-state index contributed by atoms with van der Waals surface area (Å²) < 4.78 is 179. The standard InChI is InChI=1S/2C34H46O2S.C4H2F8O6S2/c2*1-3-5-7-9-11-13-26-35-30-22-18-28(19-23-30)32-16-15-17-33(37)34(32)29-20-24-31(25-21-29)36-27-14-12-10-8-6-4-2;5-1(6,3(9,10)19(13,14)15)2(7,8)4(11,12)20(16,17)18/h2*15-25,37H,3-14,26-27H2,1-2H3;(H,13,14,15)(H,16,17,18). The van der Waals surface area contributed by atoms with E-state index < -0.39 is 42.6 Å². The van der Waals surface area contributed by atoms with Crippen molar-refractivity contribution in [3.05, 3.63) is 133 Å². The molecule has 0 spiro atoms. The van der Waals surface area contributed by atoms with Gasteiger partial charge in [-0.25, -0.2) is 0 Å². The third kappa shape index (κ3) is 24.8. The molecule has 6 aromatic carbocycles. The SMILES string of the molecule is CCCCCCCCOc1ccc(-c2cccc(S)c2-c2ccc(OCCCCCCCC)cc2)cc1.CCCCCCCCOc1ccc(-c2cccc(S)c2-c2ccc(OCCCCCCCC)cc2)cc1.O=S(=O)(O)C(F)(F)C(F)(F)C(F)(F)C(F)(F)S(=O)(=O)O. The maximum absolute atomic E-state index is 12.6. The molecule has 22 heteroatoms. The number of hydrogen-bond acceptors (Lipinski definition) is 10. The molecule has 0 aliphatic carbocycles. The van der Waals surface area contributed by atoms with Gasteiger partial charge in [-0.1, -0.05) is 229 Å². The zero-order valence-corrected chi connectivity index (χ0v) is 57.8. The van der Waals surface area contributed by atoms with Gasteiger partial charge in [0.1, 0.15) is 23.0 Å². The fraction of sp³-hybridized carbons (Fsp3) is 0.500. The van der Waals surface area contributed by atoms with Crippen LogP contribution in [-0.2, 0) is 20.2 Å². The molecule has 0 aliphatic rings. The van der Waals surface area contributed by atoms with E-state index in [1.54, 1.807) is 0 Å². The first-order chi connectivity index (χ1) is 44.7. The van der Waals surface area contributed by atoms with E-state index >= 15 is 0 Å². The molecule has 0 aliphatic heterocycles. The molecule has 6 aromatic rings. The Kier molecular flexibility index (Phi) is 35.2. The van der Waals surface area contributed by atoms with E-state index in [2.05, 4.69) is 161 Å².